The van der Waals surface area contributed by atoms with Crippen molar-refractivity contribution in [1.29, 1.82) is 0 Å². The van der Waals surface area contributed by atoms with Crippen LogP contribution in [-0.4, -0.2) is 27.4 Å². The van der Waals surface area contributed by atoms with Crippen LogP contribution in [0.1, 0.15) is 17.0 Å². The minimum atomic E-state index is 0.756. The van der Waals surface area contributed by atoms with Crippen LogP contribution in [0.5, 0.6) is 0 Å². The third-order valence-corrected chi connectivity index (χ3v) is 2.99. The van der Waals surface area contributed by atoms with Crippen LogP contribution in [0.15, 0.2) is 41.6 Å². The van der Waals surface area contributed by atoms with Crippen LogP contribution in [-0.2, 0) is 0 Å². The van der Waals surface area contributed by atoms with Gasteiger partial charge < -0.3 is 10.6 Å². The van der Waals surface area contributed by atoms with Crippen LogP contribution in [0.4, 0.5) is 0 Å². The van der Waals surface area contributed by atoms with E-state index in [-0.39, 0.29) is 0 Å². The van der Waals surface area contributed by atoms with Crippen LogP contribution in [0.2, 0.25) is 0 Å². The summed E-state index contributed by atoms with van der Waals surface area (Å²) in [5.41, 5.74) is 4.57. The summed E-state index contributed by atoms with van der Waals surface area (Å²) in [5.74, 6) is 0.756. The van der Waals surface area contributed by atoms with E-state index in [9.17, 15) is 0 Å². The number of aliphatic imine (C=N–C) groups is 1. The summed E-state index contributed by atoms with van der Waals surface area (Å²) in [6.45, 7) is 3.99. The van der Waals surface area contributed by atoms with Crippen molar-refractivity contribution in [2.75, 3.05) is 7.05 Å². The van der Waals surface area contributed by atoms with Gasteiger partial charge in [-0.05, 0) is 31.6 Å². The molecule has 0 fully saturated rings. The van der Waals surface area contributed by atoms with Crippen LogP contribution in [0.25, 0.3) is 5.65 Å². The predicted octanol–water partition coefficient (Wildman–Crippen LogP) is 1.27. The smallest absolute Gasteiger partial charge is 0.156 e. The van der Waals surface area contributed by atoms with E-state index < -0.39 is 0 Å². The molecule has 20 heavy (non-hydrogen) atoms. The molecule has 0 bridgehead atoms. The van der Waals surface area contributed by atoms with E-state index in [0.717, 1.165) is 34.1 Å². The minimum absolute atomic E-state index is 0.756. The predicted molar refractivity (Wildman–Crippen MR) is 78.4 cm³/mol. The van der Waals surface area contributed by atoms with Gasteiger partial charge in [-0.1, -0.05) is 0 Å². The highest BCUT2D eigenvalue weighted by molar-refractivity contribution is 6.08. The molecule has 3 rings (SSSR count). The van der Waals surface area contributed by atoms with Crippen molar-refractivity contribution in [3.05, 3.63) is 53.5 Å². The first-order valence-corrected chi connectivity index (χ1v) is 6.40. The number of aromatic nitrogens is 3. The van der Waals surface area contributed by atoms with E-state index in [1.165, 1.54) is 0 Å². The van der Waals surface area contributed by atoms with Gasteiger partial charge in [-0.25, -0.2) is 14.5 Å². The molecule has 0 aliphatic carbocycles. The zero-order valence-corrected chi connectivity index (χ0v) is 11.7. The summed E-state index contributed by atoms with van der Waals surface area (Å²) in [4.78, 5) is 8.97. The molecular weight excluding hydrogens is 252 g/mol. The molecule has 0 saturated carbocycles. The fraction of sp³-hybridized carbons (Fsp3) is 0.214. The van der Waals surface area contributed by atoms with E-state index in [0.29, 0.717) is 0 Å². The van der Waals surface area contributed by atoms with E-state index in [1.807, 2.05) is 45.4 Å². The molecule has 1 aliphatic heterocycles. The normalized spacial score (nSPS) is 16.4. The van der Waals surface area contributed by atoms with Gasteiger partial charge in [0.25, 0.3) is 0 Å². The molecule has 2 aromatic rings. The number of imidazole rings is 1. The number of hydrogen-bond donors (Lipinski definition) is 2. The van der Waals surface area contributed by atoms with Crippen molar-refractivity contribution >= 4 is 11.4 Å². The lowest BCUT2D eigenvalue weighted by Crippen LogP contribution is -2.16. The summed E-state index contributed by atoms with van der Waals surface area (Å²) < 4.78 is 1.81. The molecule has 3 heterocycles. The summed E-state index contributed by atoms with van der Waals surface area (Å²) >= 11 is 0. The Morgan fingerprint density at radius 3 is 3.00 bits per heavy atom. The monoisotopic (exact) mass is 268 g/mol. The maximum Gasteiger partial charge on any atom is 0.156 e. The molecule has 6 heteroatoms. The van der Waals surface area contributed by atoms with Crippen molar-refractivity contribution in [2.45, 2.75) is 13.8 Å². The SMILES string of the molecule is CN/C=C1/N=C(c2cc(C)c3nc(C)cn3n2)C=CN1. The van der Waals surface area contributed by atoms with Crippen LogP contribution >= 0.6 is 0 Å². The fourth-order valence-corrected chi connectivity index (χ4v) is 2.13. The van der Waals surface area contributed by atoms with Gasteiger partial charge in [0.1, 0.15) is 11.5 Å². The number of nitrogens with one attached hydrogen (secondary N) is 2. The number of allylic oxidation sites excluding steroid dienone is 1. The van der Waals surface area contributed by atoms with Crippen molar-refractivity contribution in [3.8, 4) is 0 Å². The maximum absolute atomic E-state index is 4.57. The largest absolute Gasteiger partial charge is 0.391 e. The summed E-state index contributed by atoms with van der Waals surface area (Å²) in [6, 6.07) is 2.01. The van der Waals surface area contributed by atoms with E-state index in [2.05, 4.69) is 25.7 Å². The van der Waals surface area contributed by atoms with Gasteiger partial charge in [0.05, 0.1) is 17.6 Å². The minimum Gasteiger partial charge on any atom is -0.391 e. The molecule has 1 aliphatic rings. The van der Waals surface area contributed by atoms with Crippen molar-refractivity contribution in [1.82, 2.24) is 25.2 Å². The van der Waals surface area contributed by atoms with Gasteiger partial charge in [-0.15, -0.1) is 0 Å². The van der Waals surface area contributed by atoms with E-state index in [1.54, 1.807) is 10.7 Å². The molecule has 2 N–H and O–H groups in total. The van der Waals surface area contributed by atoms with Crippen molar-refractivity contribution in [2.24, 2.45) is 4.99 Å². The Morgan fingerprint density at radius 2 is 2.20 bits per heavy atom. The first-order valence-electron chi connectivity index (χ1n) is 6.40. The van der Waals surface area contributed by atoms with E-state index in [4.69, 9.17) is 0 Å². The lowest BCUT2D eigenvalue weighted by atomic mass is 10.2. The van der Waals surface area contributed by atoms with Gasteiger partial charge in [0.15, 0.2) is 5.65 Å². The Balaban J connectivity index is 2.10. The number of fused-ring (bicyclic) bond motifs is 1. The molecule has 6 nitrogen and oxygen atoms in total. The van der Waals surface area contributed by atoms with Crippen LogP contribution in [0, 0.1) is 13.8 Å². The highest BCUT2D eigenvalue weighted by Gasteiger charge is 2.11. The first kappa shape index (κ1) is 12.4. The highest BCUT2D eigenvalue weighted by atomic mass is 15.3. The molecule has 0 radical (unpaired) electrons. The number of nitrogens with zero attached hydrogens (tertiary/aromatic N) is 4. The molecule has 0 atom stereocenters. The Bertz CT molecular complexity index is 750. The molecule has 0 aromatic carbocycles. The molecule has 0 spiro atoms. The van der Waals surface area contributed by atoms with Gasteiger partial charge in [-0.2, -0.15) is 5.10 Å². The third kappa shape index (κ3) is 2.16. The molecule has 0 unspecified atom stereocenters. The average Bonchev–Trinajstić information content (AvgIpc) is 2.80. The van der Waals surface area contributed by atoms with Gasteiger partial charge in [-0.3, -0.25) is 0 Å². The third-order valence-electron chi connectivity index (χ3n) is 2.99. The second kappa shape index (κ2) is 4.80. The number of rotatable bonds is 2. The topological polar surface area (TPSA) is 66.6 Å². The molecule has 2 aromatic heterocycles. The average molecular weight is 268 g/mol. The van der Waals surface area contributed by atoms with Gasteiger partial charge in [0, 0.05) is 19.4 Å². The number of aryl methyl sites for hydroxylation is 2. The Hall–Kier alpha value is -2.63. The Morgan fingerprint density at radius 1 is 1.35 bits per heavy atom. The summed E-state index contributed by atoms with van der Waals surface area (Å²) in [5, 5.41) is 10.6. The van der Waals surface area contributed by atoms with E-state index >= 15 is 0 Å². The lowest BCUT2D eigenvalue weighted by Gasteiger charge is -2.11. The fourth-order valence-electron chi connectivity index (χ4n) is 2.13. The molecule has 102 valence electrons. The maximum atomic E-state index is 4.57. The lowest BCUT2D eigenvalue weighted by molar-refractivity contribution is 0.909. The highest BCUT2D eigenvalue weighted by Crippen LogP contribution is 2.13. The Labute approximate surface area is 116 Å². The van der Waals surface area contributed by atoms with Crippen molar-refractivity contribution in [3.63, 3.8) is 0 Å². The summed E-state index contributed by atoms with van der Waals surface area (Å²) in [7, 11) is 1.84. The Kier molecular flexibility index (Phi) is 2.98. The van der Waals surface area contributed by atoms with Crippen LogP contribution < -0.4 is 10.6 Å². The van der Waals surface area contributed by atoms with Crippen molar-refractivity contribution < 1.29 is 0 Å². The standard InChI is InChI=1S/C14H16N6/c1-9-6-12(19-20-8-10(2)17-14(9)20)11-4-5-16-13(18-11)7-15-3/h4-8,15-16H,1-3H3/b13-7+. The van der Waals surface area contributed by atoms with Crippen LogP contribution in [0.3, 0.4) is 0 Å². The zero-order valence-electron chi connectivity index (χ0n) is 11.7. The first-order chi connectivity index (χ1) is 9.67. The molecule has 0 saturated heterocycles. The van der Waals surface area contributed by atoms with Gasteiger partial charge >= 0.3 is 0 Å². The second-order valence-electron chi connectivity index (χ2n) is 4.66. The second-order valence-corrected chi connectivity index (χ2v) is 4.66. The molecular formula is C14H16N6. The van der Waals surface area contributed by atoms with Gasteiger partial charge in [0.2, 0.25) is 0 Å². The summed E-state index contributed by atoms with van der Waals surface area (Å²) in [6.07, 6.45) is 7.48. The quantitative estimate of drug-likeness (QED) is 0.861. The zero-order chi connectivity index (χ0) is 14.1. The molecule has 0 amide bonds. The number of hydrogen-bond acceptors (Lipinski definition) is 5.